The summed E-state index contributed by atoms with van der Waals surface area (Å²) in [5, 5.41) is 0. The topological polar surface area (TPSA) is 52.3 Å². The van der Waals surface area contributed by atoms with Crippen molar-refractivity contribution in [2.45, 2.75) is 20.3 Å². The van der Waals surface area contributed by atoms with Crippen LogP contribution >= 0.6 is 0 Å². The zero-order valence-electron chi connectivity index (χ0n) is 6.83. The molecule has 0 aliphatic rings. The third kappa shape index (κ3) is 5.21. The fraction of sp³-hybridized carbons (Fsp3) is 0.375. The Labute approximate surface area is 66.5 Å². The highest BCUT2D eigenvalue weighted by molar-refractivity contribution is 5.66. The highest BCUT2D eigenvalue weighted by Crippen LogP contribution is 2.00. The van der Waals surface area contributed by atoms with Gasteiger partial charge in [0.25, 0.3) is 0 Å². The predicted octanol–water partition coefficient (Wildman–Crippen LogP) is 1.95. The van der Waals surface area contributed by atoms with Crippen molar-refractivity contribution in [3.8, 4) is 0 Å². The molecule has 62 valence electrons. The lowest BCUT2D eigenvalue weighted by molar-refractivity contribution is 0.190. The molecule has 0 saturated carbocycles. The highest BCUT2D eigenvalue weighted by atomic mass is 16.5. The van der Waals surface area contributed by atoms with Gasteiger partial charge in [-0.05, 0) is 25.5 Å². The molecule has 0 heterocycles. The van der Waals surface area contributed by atoms with Crippen molar-refractivity contribution in [3.05, 3.63) is 24.0 Å². The minimum absolute atomic E-state index is 0.502. The number of allylic oxidation sites excluding steroid dienone is 3. The summed E-state index contributed by atoms with van der Waals surface area (Å²) in [7, 11) is 0. The number of carbonyl (C=O) groups excluding carboxylic acids is 1. The van der Waals surface area contributed by atoms with Gasteiger partial charge >= 0.3 is 6.09 Å². The number of hydrogen-bond donors (Lipinski definition) is 1. The summed E-state index contributed by atoms with van der Waals surface area (Å²) in [5.74, 6) is 0.502. The van der Waals surface area contributed by atoms with Crippen LogP contribution < -0.4 is 5.73 Å². The van der Waals surface area contributed by atoms with Crippen molar-refractivity contribution in [2.75, 3.05) is 0 Å². The van der Waals surface area contributed by atoms with Gasteiger partial charge in [0.05, 0.1) is 0 Å². The van der Waals surface area contributed by atoms with Crippen LogP contribution in [0.3, 0.4) is 0 Å². The van der Waals surface area contributed by atoms with Gasteiger partial charge in [0.2, 0.25) is 0 Å². The standard InChI is InChI=1S/C8H13NO2/c1-3-5-7(6-4-2)11-8(9)10/h3,5-6H,4H2,1-2H3,(H2,9,10)/b5-3-,7-6+. The van der Waals surface area contributed by atoms with Gasteiger partial charge in [-0.2, -0.15) is 0 Å². The molecule has 3 nitrogen and oxygen atoms in total. The largest absolute Gasteiger partial charge is 0.411 e. The second-order valence-corrected chi connectivity index (χ2v) is 1.94. The molecule has 1 amide bonds. The maximum atomic E-state index is 10.3. The average Bonchev–Trinajstić information content (AvgIpc) is 1.87. The molecule has 0 unspecified atom stereocenters. The van der Waals surface area contributed by atoms with E-state index in [0.717, 1.165) is 6.42 Å². The van der Waals surface area contributed by atoms with Gasteiger partial charge in [-0.15, -0.1) is 0 Å². The zero-order chi connectivity index (χ0) is 8.69. The van der Waals surface area contributed by atoms with Gasteiger partial charge in [-0.3, -0.25) is 0 Å². The van der Waals surface area contributed by atoms with E-state index in [4.69, 9.17) is 5.73 Å². The summed E-state index contributed by atoms with van der Waals surface area (Å²) < 4.78 is 4.64. The first-order valence-electron chi connectivity index (χ1n) is 3.50. The first kappa shape index (κ1) is 9.75. The highest BCUT2D eigenvalue weighted by Gasteiger charge is 1.95. The van der Waals surface area contributed by atoms with Crippen molar-refractivity contribution in [1.82, 2.24) is 0 Å². The molecule has 0 aliphatic heterocycles. The van der Waals surface area contributed by atoms with E-state index < -0.39 is 6.09 Å². The summed E-state index contributed by atoms with van der Waals surface area (Å²) >= 11 is 0. The summed E-state index contributed by atoms with van der Waals surface area (Å²) in [6.07, 6.45) is 5.29. The predicted molar refractivity (Wildman–Crippen MR) is 43.9 cm³/mol. The van der Waals surface area contributed by atoms with E-state index in [1.165, 1.54) is 0 Å². The maximum Gasteiger partial charge on any atom is 0.409 e. The van der Waals surface area contributed by atoms with E-state index >= 15 is 0 Å². The van der Waals surface area contributed by atoms with E-state index in [1.54, 1.807) is 18.2 Å². The van der Waals surface area contributed by atoms with E-state index in [2.05, 4.69) is 4.74 Å². The van der Waals surface area contributed by atoms with Crippen molar-refractivity contribution in [1.29, 1.82) is 0 Å². The summed E-state index contributed by atoms with van der Waals surface area (Å²) in [4.78, 5) is 10.3. The van der Waals surface area contributed by atoms with Gasteiger partial charge in [-0.1, -0.05) is 13.0 Å². The molecule has 0 rings (SSSR count). The van der Waals surface area contributed by atoms with Crippen molar-refractivity contribution >= 4 is 6.09 Å². The van der Waals surface area contributed by atoms with Crippen LogP contribution in [0.5, 0.6) is 0 Å². The third-order valence-electron chi connectivity index (χ3n) is 0.955. The number of amides is 1. The minimum atomic E-state index is -0.775. The van der Waals surface area contributed by atoms with Crippen LogP contribution in [-0.2, 0) is 4.74 Å². The lowest BCUT2D eigenvalue weighted by Gasteiger charge is -1.99. The Morgan fingerprint density at radius 1 is 1.64 bits per heavy atom. The molecule has 0 bridgehead atoms. The molecule has 0 radical (unpaired) electrons. The van der Waals surface area contributed by atoms with Crippen LogP contribution in [0.4, 0.5) is 4.79 Å². The Bertz CT molecular complexity index is 183. The fourth-order valence-electron chi connectivity index (χ4n) is 0.625. The quantitative estimate of drug-likeness (QED) is 0.500. The van der Waals surface area contributed by atoms with Crippen LogP contribution in [0.2, 0.25) is 0 Å². The van der Waals surface area contributed by atoms with E-state index in [1.807, 2.05) is 13.8 Å². The number of hydrogen-bond acceptors (Lipinski definition) is 2. The molecule has 0 aromatic rings. The number of carbonyl (C=O) groups is 1. The van der Waals surface area contributed by atoms with Crippen LogP contribution in [0.1, 0.15) is 20.3 Å². The average molecular weight is 155 g/mol. The molecule has 0 saturated heterocycles. The van der Waals surface area contributed by atoms with Gasteiger partial charge in [-0.25, -0.2) is 4.79 Å². The fourth-order valence-corrected chi connectivity index (χ4v) is 0.625. The first-order valence-corrected chi connectivity index (χ1v) is 3.50. The Balaban J connectivity index is 4.11. The molecule has 0 aromatic heterocycles. The molecule has 0 spiro atoms. The molecule has 2 N–H and O–H groups in total. The SMILES string of the molecule is C/C=C\C(=C/CC)OC(N)=O. The van der Waals surface area contributed by atoms with Crippen LogP contribution in [-0.4, -0.2) is 6.09 Å². The number of ether oxygens (including phenoxy) is 1. The van der Waals surface area contributed by atoms with Gasteiger partial charge < -0.3 is 10.5 Å². The van der Waals surface area contributed by atoms with E-state index in [-0.39, 0.29) is 0 Å². The van der Waals surface area contributed by atoms with Gasteiger partial charge in [0.15, 0.2) is 0 Å². The molecule has 0 aromatic carbocycles. The smallest absolute Gasteiger partial charge is 0.409 e. The minimum Gasteiger partial charge on any atom is -0.411 e. The Morgan fingerprint density at radius 2 is 2.27 bits per heavy atom. The molecule has 0 aliphatic carbocycles. The van der Waals surface area contributed by atoms with Crippen LogP contribution in [0.25, 0.3) is 0 Å². The van der Waals surface area contributed by atoms with E-state index in [9.17, 15) is 4.79 Å². The summed E-state index contributed by atoms with van der Waals surface area (Å²) in [6.45, 7) is 3.79. The molecular weight excluding hydrogens is 142 g/mol. The molecular formula is C8H13NO2. The van der Waals surface area contributed by atoms with Crippen molar-refractivity contribution in [2.24, 2.45) is 5.73 Å². The van der Waals surface area contributed by atoms with Crippen LogP contribution in [0, 0.1) is 0 Å². The number of nitrogens with two attached hydrogens (primary N) is 1. The second-order valence-electron chi connectivity index (χ2n) is 1.94. The molecule has 3 heteroatoms. The molecule has 0 fully saturated rings. The van der Waals surface area contributed by atoms with Crippen molar-refractivity contribution < 1.29 is 9.53 Å². The maximum absolute atomic E-state index is 10.3. The van der Waals surface area contributed by atoms with Crippen LogP contribution in [0.15, 0.2) is 24.0 Å². The number of primary amides is 1. The number of rotatable bonds is 3. The summed E-state index contributed by atoms with van der Waals surface area (Å²) in [5.41, 5.74) is 4.82. The Kier molecular flexibility index (Phi) is 4.90. The monoisotopic (exact) mass is 155 g/mol. The molecule has 11 heavy (non-hydrogen) atoms. The normalized spacial score (nSPS) is 12.0. The third-order valence-corrected chi connectivity index (χ3v) is 0.955. The summed E-state index contributed by atoms with van der Waals surface area (Å²) in [6, 6.07) is 0. The lowest BCUT2D eigenvalue weighted by Crippen LogP contribution is -2.11. The first-order chi connectivity index (χ1) is 5.20. The molecule has 0 atom stereocenters. The van der Waals surface area contributed by atoms with Crippen molar-refractivity contribution in [3.63, 3.8) is 0 Å². The zero-order valence-corrected chi connectivity index (χ0v) is 6.83. The van der Waals surface area contributed by atoms with E-state index in [0.29, 0.717) is 5.76 Å². The lowest BCUT2D eigenvalue weighted by atomic mass is 10.3. The second kappa shape index (κ2) is 5.53. The Hall–Kier alpha value is -1.25. The van der Waals surface area contributed by atoms with Gasteiger partial charge in [0, 0.05) is 0 Å². The van der Waals surface area contributed by atoms with Gasteiger partial charge in [0.1, 0.15) is 5.76 Å². The Morgan fingerprint density at radius 3 is 2.64 bits per heavy atom.